The predicted molar refractivity (Wildman–Crippen MR) is 86.2 cm³/mol. The topological polar surface area (TPSA) is 42.7 Å². The Hall–Kier alpha value is -1.68. The molecule has 0 spiro atoms. The van der Waals surface area contributed by atoms with Gasteiger partial charge in [0.2, 0.25) is 0 Å². The van der Waals surface area contributed by atoms with Crippen molar-refractivity contribution >= 4 is 0 Å². The Morgan fingerprint density at radius 1 is 1.24 bits per heavy atom. The lowest BCUT2D eigenvalue weighted by Gasteiger charge is -2.18. The van der Waals surface area contributed by atoms with Crippen molar-refractivity contribution in [1.29, 1.82) is 0 Å². The Balaban J connectivity index is 2.01. The summed E-state index contributed by atoms with van der Waals surface area (Å²) < 4.78 is 1.91. The second-order valence-corrected chi connectivity index (χ2v) is 6.79. The maximum atomic E-state index is 4.24. The third-order valence-corrected chi connectivity index (χ3v) is 3.71. The van der Waals surface area contributed by atoms with Crippen LogP contribution in [0.25, 0.3) is 0 Å². The van der Waals surface area contributed by atoms with E-state index in [0.717, 1.165) is 12.2 Å². The van der Waals surface area contributed by atoms with E-state index >= 15 is 0 Å². The van der Waals surface area contributed by atoms with Crippen molar-refractivity contribution in [2.45, 2.75) is 59.7 Å². The van der Waals surface area contributed by atoms with E-state index in [1.807, 2.05) is 10.9 Å². The maximum absolute atomic E-state index is 4.24. The highest BCUT2D eigenvalue weighted by Gasteiger charge is 2.15. The fraction of sp³-hybridized carbons (Fsp3) is 0.529. The van der Waals surface area contributed by atoms with Crippen molar-refractivity contribution in [3.8, 4) is 0 Å². The van der Waals surface area contributed by atoms with Crippen molar-refractivity contribution in [1.82, 2.24) is 20.3 Å². The van der Waals surface area contributed by atoms with E-state index in [1.54, 1.807) is 0 Å². The number of benzene rings is 1. The van der Waals surface area contributed by atoms with E-state index in [9.17, 15) is 0 Å². The van der Waals surface area contributed by atoms with Gasteiger partial charge in [0, 0.05) is 12.6 Å². The molecule has 114 valence electrons. The first-order valence-electron chi connectivity index (χ1n) is 7.49. The molecule has 0 amide bonds. The molecule has 0 saturated carbocycles. The molecule has 4 heteroatoms. The molecule has 0 aliphatic heterocycles. The summed E-state index contributed by atoms with van der Waals surface area (Å²) in [7, 11) is 0. The molecule has 1 N–H and O–H groups in total. The number of nitrogens with one attached hydrogen (secondary N) is 1. The monoisotopic (exact) mass is 286 g/mol. The molecule has 4 nitrogen and oxygen atoms in total. The molecule has 0 aliphatic carbocycles. The van der Waals surface area contributed by atoms with Crippen LogP contribution < -0.4 is 5.32 Å². The second kappa shape index (κ2) is 5.98. The number of hydrogen-bond donors (Lipinski definition) is 1. The van der Waals surface area contributed by atoms with Gasteiger partial charge in [0.05, 0.1) is 17.4 Å². The van der Waals surface area contributed by atoms with Crippen LogP contribution in [-0.4, -0.2) is 15.0 Å². The molecule has 1 unspecified atom stereocenters. The van der Waals surface area contributed by atoms with Crippen molar-refractivity contribution < 1.29 is 0 Å². The van der Waals surface area contributed by atoms with Crippen molar-refractivity contribution in [2.75, 3.05) is 0 Å². The van der Waals surface area contributed by atoms with Gasteiger partial charge in [-0.1, -0.05) is 29.0 Å². The van der Waals surface area contributed by atoms with Gasteiger partial charge in [0.25, 0.3) is 0 Å². The van der Waals surface area contributed by atoms with Gasteiger partial charge in [0.15, 0.2) is 0 Å². The molecule has 1 aromatic heterocycles. The van der Waals surface area contributed by atoms with E-state index in [0.29, 0.717) is 6.04 Å². The van der Waals surface area contributed by atoms with Crippen LogP contribution in [-0.2, 0) is 12.1 Å². The molecule has 0 radical (unpaired) electrons. The van der Waals surface area contributed by atoms with Crippen LogP contribution in [0.15, 0.2) is 24.4 Å². The van der Waals surface area contributed by atoms with Crippen LogP contribution in [0.1, 0.15) is 56.1 Å². The summed E-state index contributed by atoms with van der Waals surface area (Å²) in [5, 5.41) is 12.0. The van der Waals surface area contributed by atoms with E-state index in [-0.39, 0.29) is 5.54 Å². The van der Waals surface area contributed by atoms with E-state index in [4.69, 9.17) is 0 Å². The summed E-state index contributed by atoms with van der Waals surface area (Å²) in [6.07, 6.45) is 2.02. The normalized spacial score (nSPS) is 13.4. The Bertz CT molecular complexity index is 607. The van der Waals surface area contributed by atoms with Gasteiger partial charge in [-0.05, 0) is 52.7 Å². The van der Waals surface area contributed by atoms with Gasteiger partial charge in [-0.2, -0.15) is 0 Å². The minimum absolute atomic E-state index is 0.0234. The SMILES string of the molecule is Cc1ccc(C(C)NCc2cn(C(C)(C)C)nn2)c(C)c1. The molecular weight excluding hydrogens is 260 g/mol. The van der Waals surface area contributed by atoms with E-state index < -0.39 is 0 Å². The summed E-state index contributed by atoms with van der Waals surface area (Å²) in [4.78, 5) is 0. The Morgan fingerprint density at radius 3 is 2.52 bits per heavy atom. The quantitative estimate of drug-likeness (QED) is 0.935. The van der Waals surface area contributed by atoms with Gasteiger partial charge in [-0.15, -0.1) is 5.10 Å². The molecule has 1 atom stereocenters. The van der Waals surface area contributed by atoms with Crippen LogP contribution >= 0.6 is 0 Å². The highest BCUT2D eigenvalue weighted by atomic mass is 15.4. The predicted octanol–water partition coefficient (Wildman–Crippen LogP) is 3.50. The standard InChI is InChI=1S/C17H26N4/c1-12-7-8-16(13(2)9-12)14(3)18-10-15-11-21(20-19-15)17(4,5)6/h7-9,11,14,18H,10H2,1-6H3. The van der Waals surface area contributed by atoms with E-state index in [2.05, 4.69) is 75.4 Å². The number of nitrogens with zero attached hydrogens (tertiary/aromatic N) is 3. The second-order valence-electron chi connectivity index (χ2n) is 6.79. The molecule has 0 aliphatic rings. The first kappa shape index (κ1) is 15.7. The fourth-order valence-corrected chi connectivity index (χ4v) is 2.39. The zero-order valence-corrected chi connectivity index (χ0v) is 13.9. The molecular formula is C17H26N4. The summed E-state index contributed by atoms with van der Waals surface area (Å²) in [6.45, 7) is 13.6. The Morgan fingerprint density at radius 2 is 1.95 bits per heavy atom. The van der Waals surface area contributed by atoms with Crippen molar-refractivity contribution in [3.63, 3.8) is 0 Å². The number of aryl methyl sites for hydroxylation is 2. The van der Waals surface area contributed by atoms with Crippen molar-refractivity contribution in [3.05, 3.63) is 46.8 Å². The van der Waals surface area contributed by atoms with Crippen LogP contribution in [0.4, 0.5) is 0 Å². The van der Waals surface area contributed by atoms with E-state index in [1.165, 1.54) is 16.7 Å². The zero-order chi connectivity index (χ0) is 15.6. The zero-order valence-electron chi connectivity index (χ0n) is 13.9. The molecule has 0 saturated heterocycles. The van der Waals surface area contributed by atoms with Crippen LogP contribution in [0.5, 0.6) is 0 Å². The average Bonchev–Trinajstić information content (AvgIpc) is 2.84. The molecule has 0 bridgehead atoms. The highest BCUT2D eigenvalue weighted by Crippen LogP contribution is 2.19. The summed E-state index contributed by atoms with van der Waals surface area (Å²) in [5.74, 6) is 0. The lowest BCUT2D eigenvalue weighted by Crippen LogP contribution is -2.22. The van der Waals surface area contributed by atoms with Gasteiger partial charge in [-0.3, -0.25) is 0 Å². The van der Waals surface area contributed by atoms with Crippen LogP contribution in [0.2, 0.25) is 0 Å². The maximum Gasteiger partial charge on any atom is 0.0965 e. The highest BCUT2D eigenvalue weighted by molar-refractivity contribution is 5.32. The van der Waals surface area contributed by atoms with Gasteiger partial charge in [0.1, 0.15) is 0 Å². The number of hydrogen-bond acceptors (Lipinski definition) is 3. The first-order valence-corrected chi connectivity index (χ1v) is 7.49. The molecule has 2 rings (SSSR count). The summed E-state index contributed by atoms with van der Waals surface area (Å²) in [6, 6.07) is 6.89. The van der Waals surface area contributed by atoms with Gasteiger partial charge >= 0.3 is 0 Å². The molecule has 21 heavy (non-hydrogen) atoms. The largest absolute Gasteiger partial charge is 0.304 e. The lowest BCUT2D eigenvalue weighted by molar-refractivity contribution is 0.347. The fourth-order valence-electron chi connectivity index (χ4n) is 2.39. The third-order valence-electron chi connectivity index (χ3n) is 3.71. The molecule has 0 fully saturated rings. The molecule has 1 heterocycles. The first-order chi connectivity index (χ1) is 9.77. The number of rotatable bonds is 4. The lowest BCUT2D eigenvalue weighted by atomic mass is 10.0. The van der Waals surface area contributed by atoms with Gasteiger partial charge < -0.3 is 5.32 Å². The van der Waals surface area contributed by atoms with Crippen molar-refractivity contribution in [2.24, 2.45) is 0 Å². The summed E-state index contributed by atoms with van der Waals surface area (Å²) >= 11 is 0. The molecule has 1 aromatic carbocycles. The number of aromatic nitrogens is 3. The Kier molecular flexibility index (Phi) is 4.47. The van der Waals surface area contributed by atoms with Crippen LogP contribution in [0.3, 0.4) is 0 Å². The molecule has 2 aromatic rings. The summed E-state index contributed by atoms with van der Waals surface area (Å²) in [5.41, 5.74) is 4.92. The van der Waals surface area contributed by atoms with Gasteiger partial charge in [-0.25, -0.2) is 4.68 Å². The Labute approximate surface area is 127 Å². The minimum atomic E-state index is -0.0234. The van der Waals surface area contributed by atoms with Crippen LogP contribution in [0, 0.1) is 13.8 Å². The average molecular weight is 286 g/mol. The third kappa shape index (κ3) is 3.91. The smallest absolute Gasteiger partial charge is 0.0965 e. The minimum Gasteiger partial charge on any atom is -0.304 e.